The third-order valence-electron chi connectivity index (χ3n) is 2.53. The maximum absolute atomic E-state index is 12.9. The number of anilines is 1. The fourth-order valence-electron chi connectivity index (χ4n) is 1.62. The van der Waals surface area contributed by atoms with Crippen LogP contribution in [-0.4, -0.2) is 4.21 Å². The number of hydrogen-bond donors (Lipinski definition) is 1. The fourth-order valence-corrected chi connectivity index (χ4v) is 3.67. The molecule has 0 aromatic heterocycles. The Morgan fingerprint density at radius 1 is 1.16 bits per heavy atom. The summed E-state index contributed by atoms with van der Waals surface area (Å²) in [5.41, 5.74) is 6.72. The Kier molecular flexibility index (Phi) is 4.45. The maximum Gasteiger partial charge on any atom is 0.124 e. The summed E-state index contributed by atoms with van der Waals surface area (Å²) in [7, 11) is -1.44. The van der Waals surface area contributed by atoms with Crippen molar-refractivity contribution in [3.63, 3.8) is 0 Å². The third kappa shape index (κ3) is 3.26. The Morgan fingerprint density at radius 3 is 2.53 bits per heavy atom. The molecule has 0 heterocycles. The summed E-state index contributed by atoms with van der Waals surface area (Å²) in [5, 5.41) is 0.579. The molecule has 0 radical (unpaired) electrons. The van der Waals surface area contributed by atoms with Crippen LogP contribution in [0.4, 0.5) is 10.1 Å². The quantitative estimate of drug-likeness (QED) is 0.869. The fraction of sp³-hybridized carbons (Fsp3) is 0.0769. The Labute approximate surface area is 122 Å². The maximum atomic E-state index is 12.9. The van der Waals surface area contributed by atoms with Gasteiger partial charge in [0.2, 0.25) is 0 Å². The molecular formula is C13H10Cl2FNOS. The van der Waals surface area contributed by atoms with E-state index in [9.17, 15) is 8.60 Å². The highest BCUT2D eigenvalue weighted by Gasteiger charge is 2.14. The molecule has 0 bridgehead atoms. The lowest BCUT2D eigenvalue weighted by molar-refractivity contribution is 0.627. The van der Waals surface area contributed by atoms with Crippen LogP contribution in [0.5, 0.6) is 0 Å². The summed E-state index contributed by atoms with van der Waals surface area (Å²) >= 11 is 11.9. The van der Waals surface area contributed by atoms with Crippen molar-refractivity contribution >= 4 is 39.7 Å². The van der Waals surface area contributed by atoms with Gasteiger partial charge in [-0.05, 0) is 29.8 Å². The standard InChI is InChI=1S/C13H10Cl2FNOS/c14-10-2-1-3-12(17)13(10)19(18)7-8-4-5-9(16)6-11(8)15/h1-6H,7,17H2. The van der Waals surface area contributed by atoms with Crippen molar-refractivity contribution < 1.29 is 8.60 Å². The normalized spacial score (nSPS) is 12.4. The first-order chi connectivity index (χ1) is 8.99. The summed E-state index contributed by atoms with van der Waals surface area (Å²) in [5.74, 6) is -0.302. The van der Waals surface area contributed by atoms with Crippen molar-refractivity contribution in [1.29, 1.82) is 0 Å². The first kappa shape index (κ1) is 14.3. The molecule has 6 heteroatoms. The van der Waals surface area contributed by atoms with E-state index in [-0.39, 0.29) is 10.8 Å². The average Bonchev–Trinajstić information content (AvgIpc) is 2.32. The van der Waals surface area contributed by atoms with Gasteiger partial charge in [0.1, 0.15) is 5.82 Å². The summed E-state index contributed by atoms with van der Waals surface area (Å²) < 4.78 is 25.2. The molecule has 2 aromatic carbocycles. The van der Waals surface area contributed by atoms with Crippen molar-refractivity contribution in [3.8, 4) is 0 Å². The van der Waals surface area contributed by atoms with E-state index in [4.69, 9.17) is 28.9 Å². The van der Waals surface area contributed by atoms with E-state index in [2.05, 4.69) is 0 Å². The predicted molar refractivity (Wildman–Crippen MR) is 77.4 cm³/mol. The summed E-state index contributed by atoms with van der Waals surface area (Å²) in [6.07, 6.45) is 0. The lowest BCUT2D eigenvalue weighted by Crippen LogP contribution is -2.02. The van der Waals surface area contributed by atoms with Crippen LogP contribution in [0.25, 0.3) is 0 Å². The predicted octanol–water partition coefficient (Wildman–Crippen LogP) is 4.02. The number of rotatable bonds is 3. The van der Waals surface area contributed by atoms with Gasteiger partial charge in [-0.1, -0.05) is 35.3 Å². The summed E-state index contributed by atoms with van der Waals surface area (Å²) in [6.45, 7) is 0. The van der Waals surface area contributed by atoms with E-state index in [1.165, 1.54) is 18.2 Å². The van der Waals surface area contributed by atoms with Crippen molar-refractivity contribution in [3.05, 3.63) is 57.8 Å². The molecule has 100 valence electrons. The lowest BCUT2D eigenvalue weighted by atomic mass is 10.2. The van der Waals surface area contributed by atoms with Gasteiger partial charge in [-0.25, -0.2) is 4.39 Å². The second-order valence-corrected chi connectivity index (χ2v) is 6.09. The van der Waals surface area contributed by atoms with Crippen LogP contribution in [0.15, 0.2) is 41.3 Å². The highest BCUT2D eigenvalue weighted by Crippen LogP contribution is 2.29. The van der Waals surface area contributed by atoms with Crippen LogP contribution in [0.1, 0.15) is 5.56 Å². The summed E-state index contributed by atoms with van der Waals surface area (Å²) in [6, 6.07) is 8.90. The van der Waals surface area contributed by atoms with E-state index in [1.54, 1.807) is 18.2 Å². The summed E-state index contributed by atoms with van der Waals surface area (Å²) in [4.78, 5) is 0.379. The minimum atomic E-state index is -1.44. The number of benzene rings is 2. The van der Waals surface area contributed by atoms with E-state index < -0.39 is 16.6 Å². The molecule has 0 saturated heterocycles. The van der Waals surface area contributed by atoms with Gasteiger partial charge in [0.05, 0.1) is 26.5 Å². The van der Waals surface area contributed by atoms with E-state index in [1.807, 2.05) is 0 Å². The van der Waals surface area contributed by atoms with Gasteiger partial charge < -0.3 is 5.73 Å². The van der Waals surface area contributed by atoms with Crippen LogP contribution >= 0.6 is 23.2 Å². The monoisotopic (exact) mass is 317 g/mol. The Hall–Kier alpha value is -1.10. The molecule has 0 fully saturated rings. The lowest BCUT2D eigenvalue weighted by Gasteiger charge is -2.09. The van der Waals surface area contributed by atoms with E-state index in [0.717, 1.165) is 0 Å². The van der Waals surface area contributed by atoms with Gasteiger partial charge in [0.25, 0.3) is 0 Å². The van der Waals surface area contributed by atoms with Gasteiger partial charge in [-0.15, -0.1) is 0 Å². The minimum Gasteiger partial charge on any atom is -0.398 e. The van der Waals surface area contributed by atoms with Gasteiger partial charge >= 0.3 is 0 Å². The van der Waals surface area contributed by atoms with Crippen LogP contribution in [-0.2, 0) is 16.6 Å². The van der Waals surface area contributed by atoms with Gasteiger partial charge in [0.15, 0.2) is 0 Å². The number of hydrogen-bond acceptors (Lipinski definition) is 2. The smallest absolute Gasteiger partial charge is 0.124 e. The molecule has 1 unspecified atom stereocenters. The van der Waals surface area contributed by atoms with Gasteiger partial charge in [0, 0.05) is 10.7 Å². The Morgan fingerprint density at radius 2 is 1.89 bits per heavy atom. The number of halogens is 3. The molecule has 0 aliphatic heterocycles. The first-order valence-corrected chi connectivity index (χ1v) is 7.43. The molecule has 0 amide bonds. The largest absolute Gasteiger partial charge is 0.398 e. The number of nitrogens with two attached hydrogens (primary N) is 1. The van der Waals surface area contributed by atoms with Crippen molar-refractivity contribution in [1.82, 2.24) is 0 Å². The van der Waals surface area contributed by atoms with Crippen molar-refractivity contribution in [2.45, 2.75) is 10.6 Å². The van der Waals surface area contributed by atoms with Crippen molar-refractivity contribution in [2.75, 3.05) is 5.73 Å². The molecule has 0 aliphatic rings. The highest BCUT2D eigenvalue weighted by molar-refractivity contribution is 7.84. The van der Waals surface area contributed by atoms with Gasteiger partial charge in [-0.2, -0.15) is 0 Å². The van der Waals surface area contributed by atoms with E-state index >= 15 is 0 Å². The van der Waals surface area contributed by atoms with Crippen molar-refractivity contribution in [2.24, 2.45) is 0 Å². The second-order valence-electron chi connectivity index (χ2n) is 3.88. The SMILES string of the molecule is Nc1cccc(Cl)c1S(=O)Cc1ccc(F)cc1Cl. The molecule has 0 saturated carbocycles. The zero-order valence-corrected chi connectivity index (χ0v) is 12.0. The van der Waals surface area contributed by atoms with Crippen LogP contribution in [0.2, 0.25) is 10.0 Å². The second kappa shape index (κ2) is 5.90. The zero-order valence-electron chi connectivity index (χ0n) is 9.70. The molecule has 19 heavy (non-hydrogen) atoms. The first-order valence-electron chi connectivity index (χ1n) is 5.35. The molecule has 0 aliphatic carbocycles. The topological polar surface area (TPSA) is 43.1 Å². The van der Waals surface area contributed by atoms with E-state index in [0.29, 0.717) is 21.2 Å². The molecular weight excluding hydrogens is 308 g/mol. The number of nitrogen functional groups attached to an aromatic ring is 1. The molecule has 1 atom stereocenters. The molecule has 2 N–H and O–H groups in total. The Bertz CT molecular complexity index is 628. The molecule has 0 spiro atoms. The molecule has 2 rings (SSSR count). The molecule has 2 nitrogen and oxygen atoms in total. The zero-order chi connectivity index (χ0) is 14.0. The average molecular weight is 318 g/mol. The van der Waals surface area contributed by atoms with Crippen LogP contribution in [0, 0.1) is 5.82 Å². The third-order valence-corrected chi connectivity index (χ3v) is 4.79. The Balaban J connectivity index is 2.31. The van der Waals surface area contributed by atoms with Gasteiger partial charge in [-0.3, -0.25) is 4.21 Å². The highest BCUT2D eigenvalue weighted by atomic mass is 35.5. The minimum absolute atomic E-state index is 0.132. The molecule has 2 aromatic rings. The van der Waals surface area contributed by atoms with Crippen LogP contribution < -0.4 is 5.73 Å². The van der Waals surface area contributed by atoms with Crippen LogP contribution in [0.3, 0.4) is 0 Å².